The molecule has 0 radical (unpaired) electrons. The van der Waals surface area contributed by atoms with Crippen LogP contribution in [0.25, 0.3) is 11.1 Å². The number of carbonyl (C=O) groups is 1. The zero-order chi connectivity index (χ0) is 26.5. The Kier molecular flexibility index (Phi) is 7.83. The molecule has 5 nitrogen and oxygen atoms in total. The van der Waals surface area contributed by atoms with Crippen molar-refractivity contribution in [3.05, 3.63) is 113 Å². The highest BCUT2D eigenvalue weighted by atomic mass is 16.2. The lowest BCUT2D eigenvalue weighted by molar-refractivity contribution is 0.0767. The number of aryl methyl sites for hydroxylation is 3. The third kappa shape index (κ3) is 5.77. The van der Waals surface area contributed by atoms with Crippen molar-refractivity contribution in [3.63, 3.8) is 0 Å². The minimum absolute atomic E-state index is 0.0967. The van der Waals surface area contributed by atoms with E-state index in [1.54, 1.807) is 0 Å². The lowest BCUT2D eigenvalue weighted by Gasteiger charge is -2.26. The van der Waals surface area contributed by atoms with Gasteiger partial charge in [0.05, 0.1) is 0 Å². The molecule has 0 unspecified atom stereocenters. The summed E-state index contributed by atoms with van der Waals surface area (Å²) in [4.78, 5) is 27.5. The second kappa shape index (κ2) is 11.6. The van der Waals surface area contributed by atoms with E-state index < -0.39 is 0 Å². The molecular formula is C33H36N4O. The van der Waals surface area contributed by atoms with E-state index in [-0.39, 0.29) is 5.91 Å². The monoisotopic (exact) mass is 504 g/mol. The topological polar surface area (TPSA) is 49.3 Å². The molecule has 1 amide bonds. The van der Waals surface area contributed by atoms with Crippen LogP contribution in [0, 0.1) is 13.8 Å². The number of aromatic nitrogens is 2. The second-order valence-corrected chi connectivity index (χ2v) is 10.1. The summed E-state index contributed by atoms with van der Waals surface area (Å²) in [7, 11) is 0. The molecule has 38 heavy (non-hydrogen) atoms. The molecule has 0 aliphatic carbocycles. The Morgan fingerprint density at radius 1 is 0.789 bits per heavy atom. The van der Waals surface area contributed by atoms with Crippen molar-refractivity contribution in [2.24, 2.45) is 0 Å². The van der Waals surface area contributed by atoms with Crippen LogP contribution in [0.1, 0.15) is 51.9 Å². The SMILES string of the molecule is CCc1nc(C)nc(N2CCCN(C(=O)c3ccc(-c4ccccc4)cc3)CC2)c1Cc1ccc(C)cc1. The molecule has 1 saturated heterocycles. The van der Waals surface area contributed by atoms with Crippen LogP contribution in [-0.4, -0.2) is 47.0 Å². The van der Waals surface area contributed by atoms with Gasteiger partial charge in [-0.15, -0.1) is 0 Å². The first-order valence-corrected chi connectivity index (χ1v) is 13.6. The molecule has 0 spiro atoms. The van der Waals surface area contributed by atoms with E-state index in [1.807, 2.05) is 54.3 Å². The Morgan fingerprint density at radius 2 is 1.50 bits per heavy atom. The molecule has 3 aromatic carbocycles. The molecule has 1 aliphatic rings. The average Bonchev–Trinajstić information content (AvgIpc) is 3.21. The number of rotatable bonds is 6. The highest BCUT2D eigenvalue weighted by molar-refractivity contribution is 5.94. The summed E-state index contributed by atoms with van der Waals surface area (Å²) in [6, 6.07) is 27.0. The van der Waals surface area contributed by atoms with E-state index in [0.29, 0.717) is 6.54 Å². The van der Waals surface area contributed by atoms with Crippen molar-refractivity contribution in [1.29, 1.82) is 0 Å². The van der Waals surface area contributed by atoms with Gasteiger partial charge in [0, 0.05) is 49.4 Å². The normalized spacial score (nSPS) is 13.9. The van der Waals surface area contributed by atoms with Crippen LogP contribution in [-0.2, 0) is 12.8 Å². The number of anilines is 1. The number of carbonyl (C=O) groups excluding carboxylic acids is 1. The maximum Gasteiger partial charge on any atom is 0.253 e. The van der Waals surface area contributed by atoms with Crippen molar-refractivity contribution in [2.75, 3.05) is 31.1 Å². The van der Waals surface area contributed by atoms with Gasteiger partial charge in [0.1, 0.15) is 11.6 Å². The standard InChI is InChI=1S/C33H36N4O/c1-4-31-30(23-26-13-11-24(2)12-14-26)32(35-25(3)34-31)36-19-8-20-37(22-21-36)33(38)29-17-15-28(16-18-29)27-9-6-5-7-10-27/h5-7,9-18H,4,8,19-23H2,1-3H3. The van der Waals surface area contributed by atoms with Gasteiger partial charge >= 0.3 is 0 Å². The van der Waals surface area contributed by atoms with Crippen LogP contribution in [0.5, 0.6) is 0 Å². The molecule has 1 fully saturated rings. The summed E-state index contributed by atoms with van der Waals surface area (Å²) in [5.41, 5.74) is 7.87. The van der Waals surface area contributed by atoms with E-state index in [0.717, 1.165) is 72.9 Å². The number of amides is 1. The molecule has 194 valence electrons. The van der Waals surface area contributed by atoms with Crippen LogP contribution in [0.4, 0.5) is 5.82 Å². The van der Waals surface area contributed by atoms with Crippen molar-refractivity contribution < 1.29 is 4.79 Å². The third-order valence-electron chi connectivity index (χ3n) is 7.34. The van der Waals surface area contributed by atoms with E-state index in [2.05, 4.69) is 55.1 Å². The van der Waals surface area contributed by atoms with Crippen molar-refractivity contribution >= 4 is 11.7 Å². The first-order valence-electron chi connectivity index (χ1n) is 13.6. The van der Waals surface area contributed by atoms with E-state index >= 15 is 0 Å². The van der Waals surface area contributed by atoms with Gasteiger partial charge in [0.15, 0.2) is 0 Å². The smallest absolute Gasteiger partial charge is 0.253 e. The Balaban J connectivity index is 1.33. The van der Waals surface area contributed by atoms with Gasteiger partial charge in [-0.25, -0.2) is 9.97 Å². The number of hydrogen-bond acceptors (Lipinski definition) is 4. The maximum absolute atomic E-state index is 13.4. The lowest BCUT2D eigenvalue weighted by atomic mass is 10.0. The molecule has 4 aromatic rings. The molecule has 0 saturated carbocycles. The fourth-order valence-electron chi connectivity index (χ4n) is 5.23. The Labute approximate surface area is 226 Å². The zero-order valence-electron chi connectivity index (χ0n) is 22.7. The summed E-state index contributed by atoms with van der Waals surface area (Å²) in [6.45, 7) is 9.30. The molecule has 0 atom stereocenters. The quantitative estimate of drug-likeness (QED) is 0.311. The fourth-order valence-corrected chi connectivity index (χ4v) is 5.23. The number of nitrogens with zero attached hydrogens (tertiary/aromatic N) is 4. The molecule has 1 aromatic heterocycles. The highest BCUT2D eigenvalue weighted by Crippen LogP contribution is 2.27. The molecule has 5 heteroatoms. The van der Waals surface area contributed by atoms with Gasteiger partial charge in [0.2, 0.25) is 0 Å². The predicted octanol–water partition coefficient (Wildman–Crippen LogP) is 6.27. The van der Waals surface area contributed by atoms with E-state index in [1.165, 1.54) is 16.7 Å². The van der Waals surface area contributed by atoms with Crippen LogP contribution in [0.3, 0.4) is 0 Å². The summed E-state index contributed by atoms with van der Waals surface area (Å²) < 4.78 is 0. The predicted molar refractivity (Wildman–Crippen MR) is 155 cm³/mol. The van der Waals surface area contributed by atoms with Crippen LogP contribution in [0.2, 0.25) is 0 Å². The van der Waals surface area contributed by atoms with Crippen LogP contribution >= 0.6 is 0 Å². The van der Waals surface area contributed by atoms with Gasteiger partial charge in [-0.2, -0.15) is 0 Å². The van der Waals surface area contributed by atoms with Gasteiger partial charge in [0.25, 0.3) is 5.91 Å². The average molecular weight is 505 g/mol. The number of benzene rings is 3. The first kappa shape index (κ1) is 25.7. The van der Waals surface area contributed by atoms with Gasteiger partial charge in [-0.1, -0.05) is 79.2 Å². The Hall–Kier alpha value is -3.99. The lowest BCUT2D eigenvalue weighted by Crippen LogP contribution is -2.35. The summed E-state index contributed by atoms with van der Waals surface area (Å²) >= 11 is 0. The highest BCUT2D eigenvalue weighted by Gasteiger charge is 2.24. The Morgan fingerprint density at radius 3 is 2.21 bits per heavy atom. The summed E-state index contributed by atoms with van der Waals surface area (Å²) in [5.74, 6) is 1.93. The number of hydrogen-bond donors (Lipinski definition) is 0. The van der Waals surface area contributed by atoms with Crippen molar-refractivity contribution in [2.45, 2.75) is 40.0 Å². The molecule has 2 heterocycles. The van der Waals surface area contributed by atoms with Crippen molar-refractivity contribution in [3.8, 4) is 11.1 Å². The molecule has 5 rings (SSSR count). The minimum atomic E-state index is 0.0967. The van der Waals surface area contributed by atoms with Gasteiger partial charge in [-0.3, -0.25) is 4.79 Å². The molecule has 1 aliphatic heterocycles. The minimum Gasteiger partial charge on any atom is -0.354 e. The van der Waals surface area contributed by atoms with Gasteiger partial charge < -0.3 is 9.80 Å². The molecular weight excluding hydrogens is 468 g/mol. The van der Waals surface area contributed by atoms with Gasteiger partial charge in [-0.05, 0) is 55.5 Å². The first-order chi connectivity index (χ1) is 18.5. The summed E-state index contributed by atoms with van der Waals surface area (Å²) in [6.07, 6.45) is 2.59. The Bertz CT molecular complexity index is 1380. The molecule has 0 N–H and O–H groups in total. The fraction of sp³-hybridized carbons (Fsp3) is 0.303. The molecule has 0 bridgehead atoms. The largest absolute Gasteiger partial charge is 0.354 e. The van der Waals surface area contributed by atoms with Crippen LogP contribution in [0.15, 0.2) is 78.9 Å². The second-order valence-electron chi connectivity index (χ2n) is 10.1. The van der Waals surface area contributed by atoms with E-state index in [9.17, 15) is 4.79 Å². The van der Waals surface area contributed by atoms with E-state index in [4.69, 9.17) is 9.97 Å². The van der Waals surface area contributed by atoms with Crippen LogP contribution < -0.4 is 4.90 Å². The third-order valence-corrected chi connectivity index (χ3v) is 7.34. The summed E-state index contributed by atoms with van der Waals surface area (Å²) in [5, 5.41) is 0. The zero-order valence-corrected chi connectivity index (χ0v) is 22.7. The maximum atomic E-state index is 13.4. The van der Waals surface area contributed by atoms with Crippen molar-refractivity contribution in [1.82, 2.24) is 14.9 Å².